The lowest BCUT2D eigenvalue weighted by atomic mass is 10.1. The van der Waals surface area contributed by atoms with Crippen LogP contribution in [0.1, 0.15) is 0 Å². The third kappa shape index (κ3) is 1.35. The van der Waals surface area contributed by atoms with Gasteiger partial charge in [0, 0.05) is 0 Å². The molecular weight excluding hydrogens is 203 g/mol. The third-order valence-corrected chi connectivity index (χ3v) is 1.97. The summed E-state index contributed by atoms with van der Waals surface area (Å²) >= 11 is 0. The van der Waals surface area contributed by atoms with Crippen molar-refractivity contribution in [1.82, 2.24) is 5.16 Å². The molecule has 6 heteroatoms. The highest BCUT2D eigenvalue weighted by Gasteiger charge is 2.18. The van der Waals surface area contributed by atoms with Crippen LogP contribution in [-0.2, 0) is 0 Å². The molecule has 0 saturated heterocycles. The third-order valence-electron chi connectivity index (χ3n) is 1.97. The minimum Gasteiger partial charge on any atom is -0.504 e. The highest BCUT2D eigenvalue weighted by molar-refractivity contribution is 5.79. The van der Waals surface area contributed by atoms with Crippen LogP contribution in [0, 0.1) is 5.82 Å². The summed E-state index contributed by atoms with van der Waals surface area (Å²) in [5.74, 6) is -1.88. The summed E-state index contributed by atoms with van der Waals surface area (Å²) in [6.45, 7) is 0. The van der Waals surface area contributed by atoms with Crippen LogP contribution in [0.15, 0.2) is 22.9 Å². The van der Waals surface area contributed by atoms with E-state index in [9.17, 15) is 14.6 Å². The Labute approximate surface area is 83.5 Å². The van der Waals surface area contributed by atoms with Crippen molar-refractivity contribution in [3.63, 3.8) is 0 Å². The van der Waals surface area contributed by atoms with Crippen molar-refractivity contribution < 1.29 is 19.1 Å². The largest absolute Gasteiger partial charge is 0.504 e. The van der Waals surface area contributed by atoms with Gasteiger partial charge in [-0.3, -0.25) is 0 Å². The number of benzene rings is 1. The summed E-state index contributed by atoms with van der Waals surface area (Å²) in [4.78, 5) is 0. The zero-order chi connectivity index (χ0) is 11.0. The number of halogens is 1. The molecule has 78 valence electrons. The molecule has 0 atom stereocenters. The van der Waals surface area contributed by atoms with Crippen LogP contribution in [0.25, 0.3) is 11.1 Å². The molecule has 0 aliphatic heterocycles. The Morgan fingerprint density at radius 1 is 1.33 bits per heavy atom. The average molecular weight is 210 g/mol. The molecule has 0 fully saturated rings. The number of nitrogen functional groups attached to an aromatic ring is 1. The van der Waals surface area contributed by atoms with Crippen molar-refractivity contribution in [1.29, 1.82) is 0 Å². The summed E-state index contributed by atoms with van der Waals surface area (Å²) < 4.78 is 17.9. The number of phenols is 2. The van der Waals surface area contributed by atoms with E-state index >= 15 is 0 Å². The zero-order valence-electron chi connectivity index (χ0n) is 7.44. The van der Waals surface area contributed by atoms with Gasteiger partial charge in [-0.25, -0.2) is 4.39 Å². The van der Waals surface area contributed by atoms with Gasteiger partial charge >= 0.3 is 0 Å². The quantitative estimate of drug-likeness (QED) is 0.620. The number of rotatable bonds is 1. The number of hydrogen-bond acceptors (Lipinski definition) is 5. The Morgan fingerprint density at radius 2 is 2.07 bits per heavy atom. The second-order valence-electron chi connectivity index (χ2n) is 2.89. The second-order valence-corrected chi connectivity index (χ2v) is 2.89. The van der Waals surface area contributed by atoms with E-state index in [2.05, 4.69) is 9.68 Å². The van der Waals surface area contributed by atoms with Crippen molar-refractivity contribution >= 4 is 5.88 Å². The van der Waals surface area contributed by atoms with Gasteiger partial charge in [0.15, 0.2) is 11.5 Å². The van der Waals surface area contributed by atoms with Crippen LogP contribution in [0.5, 0.6) is 11.5 Å². The molecule has 1 heterocycles. The van der Waals surface area contributed by atoms with Gasteiger partial charge < -0.3 is 20.5 Å². The predicted molar refractivity (Wildman–Crippen MR) is 49.6 cm³/mol. The molecule has 2 aromatic rings. The average Bonchev–Trinajstić information content (AvgIpc) is 2.60. The van der Waals surface area contributed by atoms with Crippen molar-refractivity contribution in [3.05, 3.63) is 24.1 Å². The molecule has 0 aliphatic rings. The van der Waals surface area contributed by atoms with Gasteiger partial charge in [-0.1, -0.05) is 5.16 Å². The Kier molecular flexibility index (Phi) is 1.96. The first-order valence-electron chi connectivity index (χ1n) is 4.02. The van der Waals surface area contributed by atoms with Crippen LogP contribution in [0.2, 0.25) is 0 Å². The SMILES string of the molecule is Nc1oncc1-c1c(F)ccc(O)c1O. The molecule has 1 aromatic carbocycles. The van der Waals surface area contributed by atoms with E-state index in [-0.39, 0.29) is 17.0 Å². The van der Waals surface area contributed by atoms with Crippen LogP contribution in [0.4, 0.5) is 10.3 Å². The van der Waals surface area contributed by atoms with E-state index in [1.807, 2.05) is 0 Å². The molecular formula is C9H7FN2O3. The van der Waals surface area contributed by atoms with Gasteiger partial charge in [-0.2, -0.15) is 0 Å². The van der Waals surface area contributed by atoms with Gasteiger partial charge in [0.25, 0.3) is 0 Å². The molecule has 0 bridgehead atoms. The van der Waals surface area contributed by atoms with E-state index in [1.165, 1.54) is 0 Å². The molecule has 4 N–H and O–H groups in total. The molecule has 0 radical (unpaired) electrons. The Morgan fingerprint density at radius 3 is 2.67 bits per heavy atom. The van der Waals surface area contributed by atoms with Crippen molar-refractivity contribution in [2.45, 2.75) is 0 Å². The molecule has 1 aromatic heterocycles. The van der Waals surface area contributed by atoms with Crippen molar-refractivity contribution in [2.75, 3.05) is 5.73 Å². The fourth-order valence-corrected chi connectivity index (χ4v) is 1.25. The van der Waals surface area contributed by atoms with E-state index in [0.717, 1.165) is 18.3 Å². The first kappa shape index (κ1) is 9.32. The minimum atomic E-state index is -0.722. The summed E-state index contributed by atoms with van der Waals surface area (Å²) in [5, 5.41) is 22.0. The van der Waals surface area contributed by atoms with E-state index in [4.69, 9.17) is 5.73 Å². The number of aromatic hydroxyl groups is 2. The monoisotopic (exact) mass is 210 g/mol. The Hall–Kier alpha value is -2.24. The van der Waals surface area contributed by atoms with E-state index in [0.29, 0.717) is 0 Å². The van der Waals surface area contributed by atoms with E-state index < -0.39 is 17.3 Å². The lowest BCUT2D eigenvalue weighted by Gasteiger charge is -2.05. The Bertz CT molecular complexity index is 510. The number of anilines is 1. The maximum Gasteiger partial charge on any atom is 0.230 e. The zero-order valence-corrected chi connectivity index (χ0v) is 7.44. The van der Waals surface area contributed by atoms with Crippen LogP contribution in [-0.4, -0.2) is 15.4 Å². The van der Waals surface area contributed by atoms with Gasteiger partial charge in [0.05, 0.1) is 17.3 Å². The number of nitrogens with two attached hydrogens (primary N) is 1. The van der Waals surface area contributed by atoms with Crippen LogP contribution in [0.3, 0.4) is 0 Å². The summed E-state index contributed by atoms with van der Waals surface area (Å²) in [7, 11) is 0. The van der Waals surface area contributed by atoms with Gasteiger partial charge in [-0.15, -0.1) is 0 Å². The van der Waals surface area contributed by atoms with Crippen molar-refractivity contribution in [3.8, 4) is 22.6 Å². The highest BCUT2D eigenvalue weighted by atomic mass is 19.1. The summed E-state index contributed by atoms with van der Waals surface area (Å²) in [6, 6.07) is 2.05. The molecule has 0 unspecified atom stereocenters. The molecule has 0 saturated carbocycles. The minimum absolute atomic E-state index is 0.0981. The topological polar surface area (TPSA) is 92.5 Å². The number of aromatic nitrogens is 1. The number of phenolic OH excluding ortho intramolecular Hbond substituents is 2. The number of hydrogen-bond donors (Lipinski definition) is 3. The second kappa shape index (κ2) is 3.16. The maximum absolute atomic E-state index is 13.4. The van der Waals surface area contributed by atoms with E-state index in [1.54, 1.807) is 0 Å². The standard InChI is InChI=1S/C9H7FN2O3/c10-5-1-2-6(13)8(14)7(5)4-3-12-15-9(4)11/h1-3,13-14H,11H2. The molecule has 0 aliphatic carbocycles. The van der Waals surface area contributed by atoms with Crippen molar-refractivity contribution in [2.24, 2.45) is 0 Å². The lowest BCUT2D eigenvalue weighted by Crippen LogP contribution is -1.89. The normalized spacial score (nSPS) is 10.5. The fraction of sp³-hybridized carbons (Fsp3) is 0. The maximum atomic E-state index is 13.4. The van der Waals surface area contributed by atoms with Crippen LogP contribution >= 0.6 is 0 Å². The molecule has 0 spiro atoms. The summed E-state index contributed by atoms with van der Waals surface area (Å²) in [5.41, 5.74) is 5.24. The first-order chi connectivity index (χ1) is 7.11. The molecule has 2 rings (SSSR count). The van der Waals surface area contributed by atoms with Crippen LogP contribution < -0.4 is 5.73 Å². The predicted octanol–water partition coefficient (Wildman–Crippen LogP) is 1.47. The molecule has 5 nitrogen and oxygen atoms in total. The van der Waals surface area contributed by atoms with Gasteiger partial charge in [0.2, 0.25) is 5.88 Å². The Balaban J connectivity index is 2.72. The van der Waals surface area contributed by atoms with Gasteiger partial charge in [-0.05, 0) is 12.1 Å². The summed E-state index contributed by atoms with van der Waals surface area (Å²) in [6.07, 6.45) is 1.16. The lowest BCUT2D eigenvalue weighted by molar-refractivity contribution is 0.401. The highest BCUT2D eigenvalue weighted by Crippen LogP contribution is 2.40. The first-order valence-corrected chi connectivity index (χ1v) is 4.02. The smallest absolute Gasteiger partial charge is 0.230 e. The molecule has 15 heavy (non-hydrogen) atoms. The fourth-order valence-electron chi connectivity index (χ4n) is 1.25. The molecule has 0 amide bonds. The van der Waals surface area contributed by atoms with Gasteiger partial charge in [0.1, 0.15) is 5.82 Å². The number of nitrogens with zero attached hydrogens (tertiary/aromatic N) is 1.